The van der Waals surface area contributed by atoms with Gasteiger partial charge in [-0.25, -0.2) is 21.9 Å². The molecule has 1 heterocycles. The zero-order valence-electron chi connectivity index (χ0n) is 10.5. The standard InChI is InChI=1S/C13H12F2N2O2S/c1-9(12-4-2-3-7-16-12)17-20(18,19)13-8-10(14)5-6-11(13)15/h2-9,17H,1H3/t9-/m1/s1. The third kappa shape index (κ3) is 3.17. The number of halogens is 2. The summed E-state index contributed by atoms with van der Waals surface area (Å²) < 4.78 is 52.9. The average molecular weight is 298 g/mol. The minimum atomic E-state index is -4.17. The lowest BCUT2D eigenvalue weighted by molar-refractivity contribution is 0.536. The van der Waals surface area contributed by atoms with Gasteiger partial charge in [-0.15, -0.1) is 0 Å². The van der Waals surface area contributed by atoms with E-state index in [0.29, 0.717) is 11.8 Å². The van der Waals surface area contributed by atoms with Gasteiger partial charge in [0.05, 0.1) is 11.7 Å². The molecule has 1 atom stereocenters. The maximum absolute atomic E-state index is 13.5. The molecular weight excluding hydrogens is 286 g/mol. The van der Waals surface area contributed by atoms with E-state index < -0.39 is 32.6 Å². The van der Waals surface area contributed by atoms with E-state index >= 15 is 0 Å². The van der Waals surface area contributed by atoms with Crippen molar-refractivity contribution >= 4 is 10.0 Å². The Kier molecular flexibility index (Phi) is 4.10. The zero-order valence-corrected chi connectivity index (χ0v) is 11.4. The maximum atomic E-state index is 13.5. The fourth-order valence-corrected chi connectivity index (χ4v) is 2.98. The average Bonchev–Trinajstić information content (AvgIpc) is 2.42. The van der Waals surface area contributed by atoms with Crippen LogP contribution in [-0.2, 0) is 10.0 Å². The second kappa shape index (κ2) is 5.64. The summed E-state index contributed by atoms with van der Waals surface area (Å²) in [4.78, 5) is 3.28. The Balaban J connectivity index is 2.30. The largest absolute Gasteiger partial charge is 0.260 e. The van der Waals surface area contributed by atoms with Crippen LogP contribution in [0.2, 0.25) is 0 Å². The van der Waals surface area contributed by atoms with Crippen LogP contribution in [0.5, 0.6) is 0 Å². The van der Waals surface area contributed by atoms with E-state index in [4.69, 9.17) is 0 Å². The van der Waals surface area contributed by atoms with Gasteiger partial charge in [0, 0.05) is 6.20 Å². The zero-order chi connectivity index (χ0) is 14.8. The van der Waals surface area contributed by atoms with Gasteiger partial charge in [-0.05, 0) is 37.3 Å². The van der Waals surface area contributed by atoms with Crippen molar-refractivity contribution in [1.82, 2.24) is 9.71 Å². The van der Waals surface area contributed by atoms with E-state index in [1.54, 1.807) is 25.1 Å². The van der Waals surface area contributed by atoms with Gasteiger partial charge in [-0.3, -0.25) is 4.98 Å². The molecule has 0 fully saturated rings. The lowest BCUT2D eigenvalue weighted by Gasteiger charge is -2.14. The molecule has 0 bridgehead atoms. The molecule has 106 valence electrons. The van der Waals surface area contributed by atoms with Crippen LogP contribution in [0.3, 0.4) is 0 Å². The summed E-state index contributed by atoms with van der Waals surface area (Å²) in [6.45, 7) is 1.57. The highest BCUT2D eigenvalue weighted by atomic mass is 32.2. The van der Waals surface area contributed by atoms with E-state index in [-0.39, 0.29) is 0 Å². The van der Waals surface area contributed by atoms with Gasteiger partial charge < -0.3 is 0 Å². The molecular formula is C13H12F2N2O2S. The number of rotatable bonds is 4. The van der Waals surface area contributed by atoms with Crippen LogP contribution >= 0.6 is 0 Å². The quantitative estimate of drug-likeness (QED) is 0.943. The highest BCUT2D eigenvalue weighted by Gasteiger charge is 2.23. The SMILES string of the molecule is C[C@@H](NS(=O)(=O)c1cc(F)ccc1F)c1ccccn1. The van der Waals surface area contributed by atoms with Crippen LogP contribution in [0, 0.1) is 11.6 Å². The van der Waals surface area contributed by atoms with Crippen molar-refractivity contribution < 1.29 is 17.2 Å². The molecule has 1 aromatic heterocycles. The molecule has 1 aromatic carbocycles. The Bertz CT molecular complexity index is 706. The van der Waals surface area contributed by atoms with Crippen molar-refractivity contribution in [2.24, 2.45) is 0 Å². The summed E-state index contributed by atoms with van der Waals surface area (Å²) in [5, 5.41) is 0. The predicted octanol–water partition coefficient (Wildman–Crippen LogP) is 2.40. The van der Waals surface area contributed by atoms with Gasteiger partial charge in [0.25, 0.3) is 0 Å². The number of hydrogen-bond donors (Lipinski definition) is 1. The molecule has 7 heteroatoms. The summed E-state index contributed by atoms with van der Waals surface area (Å²) in [7, 11) is -4.17. The number of pyridine rings is 1. The van der Waals surface area contributed by atoms with E-state index in [0.717, 1.165) is 12.1 Å². The van der Waals surface area contributed by atoms with Crippen LogP contribution in [0.15, 0.2) is 47.5 Å². The smallest absolute Gasteiger partial charge is 0.244 e. The van der Waals surface area contributed by atoms with Gasteiger partial charge in [-0.2, -0.15) is 0 Å². The molecule has 0 radical (unpaired) electrons. The molecule has 2 aromatic rings. The fourth-order valence-electron chi connectivity index (χ4n) is 1.67. The molecule has 0 amide bonds. The summed E-state index contributed by atoms with van der Waals surface area (Å²) in [6, 6.07) is 6.64. The second-order valence-electron chi connectivity index (χ2n) is 4.17. The van der Waals surface area contributed by atoms with Crippen molar-refractivity contribution in [3.63, 3.8) is 0 Å². The molecule has 20 heavy (non-hydrogen) atoms. The Morgan fingerprint density at radius 3 is 2.60 bits per heavy atom. The lowest BCUT2D eigenvalue weighted by atomic mass is 10.2. The predicted molar refractivity (Wildman–Crippen MR) is 69.3 cm³/mol. The molecule has 0 spiro atoms. The first kappa shape index (κ1) is 14.5. The Morgan fingerprint density at radius 2 is 1.95 bits per heavy atom. The summed E-state index contributed by atoms with van der Waals surface area (Å²) in [5.41, 5.74) is 0.480. The van der Waals surface area contributed by atoms with Crippen LogP contribution < -0.4 is 4.72 Å². The van der Waals surface area contributed by atoms with Gasteiger partial charge in [0.15, 0.2) is 0 Å². The van der Waals surface area contributed by atoms with Gasteiger partial charge in [0.1, 0.15) is 16.5 Å². The molecule has 2 rings (SSSR count). The Hall–Kier alpha value is -1.86. The molecule has 4 nitrogen and oxygen atoms in total. The minimum Gasteiger partial charge on any atom is -0.260 e. The number of nitrogens with one attached hydrogen (secondary N) is 1. The van der Waals surface area contributed by atoms with Crippen molar-refractivity contribution in [2.45, 2.75) is 17.9 Å². The topological polar surface area (TPSA) is 59.1 Å². The van der Waals surface area contributed by atoms with Crippen LogP contribution in [0.1, 0.15) is 18.7 Å². The fraction of sp³-hybridized carbons (Fsp3) is 0.154. The number of aromatic nitrogens is 1. The highest BCUT2D eigenvalue weighted by Crippen LogP contribution is 2.18. The van der Waals surface area contributed by atoms with Crippen molar-refractivity contribution in [3.8, 4) is 0 Å². The van der Waals surface area contributed by atoms with E-state index in [1.807, 2.05) is 0 Å². The van der Waals surface area contributed by atoms with Gasteiger partial charge in [-0.1, -0.05) is 6.07 Å². The maximum Gasteiger partial charge on any atom is 0.244 e. The first-order chi connectivity index (χ1) is 9.40. The normalized spacial score (nSPS) is 13.2. The molecule has 0 saturated heterocycles. The van der Waals surface area contributed by atoms with Crippen molar-refractivity contribution in [2.75, 3.05) is 0 Å². The molecule has 0 saturated carbocycles. The number of sulfonamides is 1. The van der Waals surface area contributed by atoms with E-state index in [2.05, 4.69) is 9.71 Å². The van der Waals surface area contributed by atoms with E-state index in [1.165, 1.54) is 6.20 Å². The van der Waals surface area contributed by atoms with Gasteiger partial charge >= 0.3 is 0 Å². The van der Waals surface area contributed by atoms with Crippen LogP contribution in [-0.4, -0.2) is 13.4 Å². The second-order valence-corrected chi connectivity index (χ2v) is 5.85. The summed E-state index contributed by atoms with van der Waals surface area (Å²) >= 11 is 0. The number of benzene rings is 1. The van der Waals surface area contributed by atoms with Crippen LogP contribution in [0.4, 0.5) is 8.78 Å². The van der Waals surface area contributed by atoms with Crippen LogP contribution in [0.25, 0.3) is 0 Å². The van der Waals surface area contributed by atoms with E-state index in [9.17, 15) is 17.2 Å². The number of nitrogens with zero attached hydrogens (tertiary/aromatic N) is 1. The number of hydrogen-bond acceptors (Lipinski definition) is 3. The lowest BCUT2D eigenvalue weighted by Crippen LogP contribution is -2.28. The first-order valence-electron chi connectivity index (χ1n) is 5.78. The third-order valence-corrected chi connectivity index (χ3v) is 4.20. The Labute approximate surface area is 115 Å². The highest BCUT2D eigenvalue weighted by molar-refractivity contribution is 7.89. The monoisotopic (exact) mass is 298 g/mol. The molecule has 1 N–H and O–H groups in total. The Morgan fingerprint density at radius 1 is 1.20 bits per heavy atom. The molecule has 0 aliphatic carbocycles. The minimum absolute atomic E-state index is 0.480. The third-order valence-electron chi connectivity index (χ3n) is 2.65. The summed E-state index contributed by atoms with van der Waals surface area (Å²) in [6.07, 6.45) is 1.52. The van der Waals surface area contributed by atoms with Gasteiger partial charge in [0.2, 0.25) is 10.0 Å². The summed E-state index contributed by atoms with van der Waals surface area (Å²) in [5.74, 6) is -1.83. The molecule has 0 aliphatic heterocycles. The molecule has 0 aliphatic rings. The van der Waals surface area contributed by atoms with Crippen molar-refractivity contribution in [3.05, 3.63) is 59.9 Å². The first-order valence-corrected chi connectivity index (χ1v) is 7.27. The molecule has 0 unspecified atom stereocenters. The van der Waals surface area contributed by atoms with Crippen molar-refractivity contribution in [1.29, 1.82) is 0 Å².